The first kappa shape index (κ1) is 12.3. The highest BCUT2D eigenvalue weighted by atomic mass is 35.5. The summed E-state index contributed by atoms with van der Waals surface area (Å²) in [6.45, 7) is 1.97. The number of halogens is 1. The van der Waals surface area contributed by atoms with Gasteiger partial charge in [-0.25, -0.2) is 0 Å². The highest BCUT2D eigenvalue weighted by Gasteiger charge is 2.04. The zero-order valence-electron chi connectivity index (χ0n) is 9.87. The van der Waals surface area contributed by atoms with Gasteiger partial charge >= 0.3 is 0 Å². The van der Waals surface area contributed by atoms with Crippen molar-refractivity contribution in [3.8, 4) is 6.07 Å². The van der Waals surface area contributed by atoms with Crippen molar-refractivity contribution in [1.82, 2.24) is 0 Å². The highest BCUT2D eigenvalue weighted by molar-refractivity contribution is 6.33. The monoisotopic (exact) mass is 257 g/mol. The number of hydrogen-bond donors (Lipinski definition) is 2. The fraction of sp³-hybridized carbons (Fsp3) is 0.0714. The third-order valence-electron chi connectivity index (χ3n) is 2.63. The van der Waals surface area contributed by atoms with Crippen LogP contribution >= 0.6 is 11.6 Å². The summed E-state index contributed by atoms with van der Waals surface area (Å²) in [5, 5.41) is 12.6. The molecule has 0 spiro atoms. The van der Waals surface area contributed by atoms with Crippen LogP contribution in [0.2, 0.25) is 5.02 Å². The predicted molar refractivity (Wildman–Crippen MR) is 75.0 cm³/mol. The van der Waals surface area contributed by atoms with Gasteiger partial charge < -0.3 is 11.1 Å². The van der Waals surface area contributed by atoms with Gasteiger partial charge in [0.05, 0.1) is 22.3 Å². The largest absolute Gasteiger partial charge is 0.399 e. The lowest BCUT2D eigenvalue weighted by Crippen LogP contribution is -1.95. The van der Waals surface area contributed by atoms with Gasteiger partial charge in [-0.15, -0.1) is 0 Å². The summed E-state index contributed by atoms with van der Waals surface area (Å²) in [6, 6.07) is 12.9. The number of nitriles is 1. The second kappa shape index (κ2) is 4.99. The van der Waals surface area contributed by atoms with Gasteiger partial charge in [0.1, 0.15) is 0 Å². The number of benzene rings is 2. The van der Waals surface area contributed by atoms with E-state index in [1.165, 1.54) is 0 Å². The molecule has 0 aliphatic carbocycles. The van der Waals surface area contributed by atoms with E-state index >= 15 is 0 Å². The Morgan fingerprint density at radius 1 is 1.17 bits per heavy atom. The molecule has 0 atom stereocenters. The molecule has 2 aromatic carbocycles. The number of anilines is 3. The molecule has 18 heavy (non-hydrogen) atoms. The van der Waals surface area contributed by atoms with Crippen molar-refractivity contribution in [2.24, 2.45) is 0 Å². The van der Waals surface area contributed by atoms with Crippen LogP contribution in [0.25, 0.3) is 0 Å². The van der Waals surface area contributed by atoms with Crippen molar-refractivity contribution in [2.75, 3.05) is 11.1 Å². The predicted octanol–water partition coefficient (Wildman–Crippen LogP) is 3.85. The molecular formula is C14H12ClN3. The van der Waals surface area contributed by atoms with Crippen LogP contribution in [0.5, 0.6) is 0 Å². The molecule has 0 aromatic heterocycles. The molecule has 0 amide bonds. The summed E-state index contributed by atoms with van der Waals surface area (Å²) in [5.74, 6) is 0. The topological polar surface area (TPSA) is 61.8 Å². The smallest absolute Gasteiger partial charge is 0.0992 e. The molecule has 0 saturated carbocycles. The number of aryl methyl sites for hydroxylation is 1. The molecule has 0 unspecified atom stereocenters. The van der Waals surface area contributed by atoms with E-state index in [4.69, 9.17) is 22.6 Å². The minimum Gasteiger partial charge on any atom is -0.399 e. The maximum Gasteiger partial charge on any atom is 0.0992 e. The maximum atomic E-state index is 8.89. The lowest BCUT2D eigenvalue weighted by atomic mass is 10.1. The molecule has 2 aromatic rings. The van der Waals surface area contributed by atoms with Gasteiger partial charge in [0.25, 0.3) is 0 Å². The van der Waals surface area contributed by atoms with E-state index in [0.29, 0.717) is 16.3 Å². The Bertz CT molecular complexity index is 629. The standard InChI is InChI=1S/C14H12ClN3/c1-9-2-3-10(8-16)6-14(9)18-13-5-4-11(17)7-12(13)15/h2-7,18H,17H2,1H3. The lowest BCUT2D eigenvalue weighted by molar-refractivity contribution is 1.40. The average molecular weight is 258 g/mol. The Morgan fingerprint density at radius 2 is 1.94 bits per heavy atom. The molecule has 0 aliphatic rings. The van der Waals surface area contributed by atoms with Gasteiger partial charge in [-0.05, 0) is 42.8 Å². The van der Waals surface area contributed by atoms with Crippen molar-refractivity contribution < 1.29 is 0 Å². The van der Waals surface area contributed by atoms with E-state index in [-0.39, 0.29) is 0 Å². The van der Waals surface area contributed by atoms with Gasteiger partial charge in [-0.2, -0.15) is 5.26 Å². The third-order valence-corrected chi connectivity index (χ3v) is 2.94. The number of nitrogen functional groups attached to an aromatic ring is 1. The quantitative estimate of drug-likeness (QED) is 0.804. The summed E-state index contributed by atoms with van der Waals surface area (Å²) in [4.78, 5) is 0. The summed E-state index contributed by atoms with van der Waals surface area (Å²) >= 11 is 6.10. The number of nitrogens with one attached hydrogen (secondary N) is 1. The lowest BCUT2D eigenvalue weighted by Gasteiger charge is -2.11. The van der Waals surface area contributed by atoms with Crippen LogP contribution in [0, 0.1) is 18.3 Å². The Morgan fingerprint density at radius 3 is 2.61 bits per heavy atom. The average Bonchev–Trinajstić information content (AvgIpc) is 2.35. The number of rotatable bonds is 2. The van der Waals surface area contributed by atoms with Gasteiger partial charge in [-0.1, -0.05) is 17.7 Å². The maximum absolute atomic E-state index is 8.89. The second-order valence-corrected chi connectivity index (χ2v) is 4.41. The first-order valence-corrected chi connectivity index (χ1v) is 5.81. The van der Waals surface area contributed by atoms with Crippen molar-refractivity contribution in [2.45, 2.75) is 6.92 Å². The molecule has 4 heteroatoms. The van der Waals surface area contributed by atoms with E-state index < -0.39 is 0 Å². The van der Waals surface area contributed by atoms with Crippen LogP contribution in [-0.2, 0) is 0 Å². The third kappa shape index (κ3) is 2.55. The molecule has 3 N–H and O–H groups in total. The Hall–Kier alpha value is -2.18. The van der Waals surface area contributed by atoms with Crippen LogP contribution in [0.15, 0.2) is 36.4 Å². The molecule has 0 saturated heterocycles. The molecule has 0 fully saturated rings. The minimum atomic E-state index is 0.553. The van der Waals surface area contributed by atoms with E-state index in [9.17, 15) is 0 Å². The van der Waals surface area contributed by atoms with E-state index in [2.05, 4.69) is 11.4 Å². The first-order valence-electron chi connectivity index (χ1n) is 5.43. The van der Waals surface area contributed by atoms with Crippen LogP contribution in [-0.4, -0.2) is 0 Å². The van der Waals surface area contributed by atoms with Crippen LogP contribution in [0.1, 0.15) is 11.1 Å². The van der Waals surface area contributed by atoms with Crippen LogP contribution < -0.4 is 11.1 Å². The van der Waals surface area contributed by atoms with Crippen LogP contribution in [0.4, 0.5) is 17.1 Å². The molecule has 3 nitrogen and oxygen atoms in total. The highest BCUT2D eigenvalue weighted by Crippen LogP contribution is 2.29. The van der Waals surface area contributed by atoms with Crippen molar-refractivity contribution in [3.63, 3.8) is 0 Å². The van der Waals surface area contributed by atoms with Gasteiger partial charge in [0.2, 0.25) is 0 Å². The SMILES string of the molecule is Cc1ccc(C#N)cc1Nc1ccc(N)cc1Cl. The zero-order chi connectivity index (χ0) is 13.1. The molecule has 0 radical (unpaired) electrons. The summed E-state index contributed by atoms with van der Waals surface area (Å²) in [7, 11) is 0. The van der Waals surface area contributed by atoms with Gasteiger partial charge in [0, 0.05) is 11.4 Å². The second-order valence-electron chi connectivity index (χ2n) is 4.01. The molecule has 90 valence electrons. The van der Waals surface area contributed by atoms with Gasteiger partial charge in [-0.3, -0.25) is 0 Å². The molecular weight excluding hydrogens is 246 g/mol. The summed E-state index contributed by atoms with van der Waals surface area (Å²) in [5.41, 5.74) is 9.54. The Kier molecular flexibility index (Phi) is 3.40. The fourth-order valence-corrected chi connectivity index (χ4v) is 1.84. The van der Waals surface area contributed by atoms with Gasteiger partial charge in [0.15, 0.2) is 0 Å². The molecule has 2 rings (SSSR count). The van der Waals surface area contributed by atoms with E-state index in [1.54, 1.807) is 24.3 Å². The van der Waals surface area contributed by atoms with Crippen molar-refractivity contribution in [3.05, 3.63) is 52.5 Å². The number of nitrogens with two attached hydrogens (primary N) is 1. The van der Waals surface area contributed by atoms with E-state index in [0.717, 1.165) is 16.9 Å². The number of hydrogen-bond acceptors (Lipinski definition) is 3. The Labute approximate surface area is 111 Å². The Balaban J connectivity index is 2.37. The molecule has 0 heterocycles. The fourth-order valence-electron chi connectivity index (χ4n) is 1.60. The first-order chi connectivity index (χ1) is 8.60. The minimum absolute atomic E-state index is 0.553. The van der Waals surface area contributed by atoms with Crippen molar-refractivity contribution >= 4 is 28.7 Å². The zero-order valence-corrected chi connectivity index (χ0v) is 10.6. The van der Waals surface area contributed by atoms with E-state index in [1.807, 2.05) is 19.1 Å². The molecule has 0 aliphatic heterocycles. The van der Waals surface area contributed by atoms with Crippen LogP contribution in [0.3, 0.4) is 0 Å². The normalized spacial score (nSPS) is 9.83. The molecule has 0 bridgehead atoms. The van der Waals surface area contributed by atoms with Crippen molar-refractivity contribution in [1.29, 1.82) is 5.26 Å². The summed E-state index contributed by atoms with van der Waals surface area (Å²) in [6.07, 6.45) is 0. The summed E-state index contributed by atoms with van der Waals surface area (Å²) < 4.78 is 0. The number of nitrogens with zero attached hydrogens (tertiary/aromatic N) is 1.